The van der Waals surface area contributed by atoms with Crippen LogP contribution in [0.25, 0.3) is 0 Å². The van der Waals surface area contributed by atoms with Crippen LogP contribution in [-0.2, 0) is 11.2 Å². The predicted octanol–water partition coefficient (Wildman–Crippen LogP) is 3.40. The molecule has 1 aliphatic carbocycles. The van der Waals surface area contributed by atoms with Crippen molar-refractivity contribution in [2.75, 3.05) is 25.1 Å². The topological polar surface area (TPSA) is 67.3 Å². The highest BCUT2D eigenvalue weighted by Gasteiger charge is 2.36. The lowest BCUT2D eigenvalue weighted by molar-refractivity contribution is 0.167. The number of nitrogens with zero attached hydrogens (tertiary/aromatic N) is 3. The van der Waals surface area contributed by atoms with E-state index >= 15 is 0 Å². The Morgan fingerprint density at radius 1 is 1.13 bits per heavy atom. The van der Waals surface area contributed by atoms with Gasteiger partial charge in [0.25, 0.3) is 0 Å². The molecule has 0 spiro atoms. The number of aromatic nitrogens is 2. The van der Waals surface area contributed by atoms with E-state index in [2.05, 4.69) is 36.8 Å². The first-order chi connectivity index (χ1) is 14.6. The summed E-state index contributed by atoms with van der Waals surface area (Å²) in [6.07, 6.45) is 8.04. The minimum atomic E-state index is -0.411. The second kappa shape index (κ2) is 9.17. The molecule has 3 atom stereocenters. The number of hydrogen-bond acceptors (Lipinski definition) is 5. The van der Waals surface area contributed by atoms with E-state index in [1.54, 1.807) is 0 Å². The number of nitrogens with one attached hydrogen (secondary N) is 1. The van der Waals surface area contributed by atoms with E-state index in [0.29, 0.717) is 0 Å². The van der Waals surface area contributed by atoms with Gasteiger partial charge in [-0.25, -0.2) is 14.8 Å². The maximum Gasteiger partial charge on any atom is 0.407 e. The highest BCUT2D eigenvalue weighted by molar-refractivity contribution is 5.67. The molecule has 1 aromatic carbocycles. The Labute approximate surface area is 178 Å². The third-order valence-corrected chi connectivity index (χ3v) is 6.04. The van der Waals surface area contributed by atoms with Gasteiger partial charge in [0.1, 0.15) is 0 Å². The van der Waals surface area contributed by atoms with Crippen molar-refractivity contribution in [3.05, 3.63) is 53.3 Å². The van der Waals surface area contributed by atoms with Crippen molar-refractivity contribution < 1.29 is 9.53 Å². The lowest BCUT2D eigenvalue weighted by Gasteiger charge is -2.16. The summed E-state index contributed by atoms with van der Waals surface area (Å²) < 4.78 is 4.62. The quantitative estimate of drug-likeness (QED) is 0.791. The number of anilines is 1. The van der Waals surface area contributed by atoms with E-state index in [1.165, 1.54) is 26.4 Å². The van der Waals surface area contributed by atoms with E-state index in [9.17, 15) is 4.79 Å². The first kappa shape index (κ1) is 20.2. The Bertz CT molecular complexity index is 918. The maximum absolute atomic E-state index is 11.3. The molecule has 1 saturated heterocycles. The van der Waals surface area contributed by atoms with Gasteiger partial charge in [-0.15, -0.1) is 0 Å². The van der Waals surface area contributed by atoms with Gasteiger partial charge in [0.15, 0.2) is 0 Å². The van der Waals surface area contributed by atoms with Crippen molar-refractivity contribution in [1.29, 1.82) is 0 Å². The van der Waals surface area contributed by atoms with E-state index in [0.717, 1.165) is 54.0 Å². The molecule has 0 radical (unpaired) electrons. The Kier molecular flexibility index (Phi) is 6.18. The highest BCUT2D eigenvalue weighted by atomic mass is 16.5. The highest BCUT2D eigenvalue weighted by Crippen LogP contribution is 2.38. The molecule has 3 unspecified atom stereocenters. The standard InChI is InChI=1S/C24H28N4O2/c1-17(27-24(29)30-2)12-19-9-6-18(7-10-19)8-11-20-13-25-23(26-14-20)28-15-21-4-3-5-22(21)16-28/h6-7,9-10,13-14,17,21-22H,3-5,12,15-16H2,1-2H3,(H,27,29). The van der Waals surface area contributed by atoms with Crippen LogP contribution in [0.15, 0.2) is 36.7 Å². The molecule has 1 amide bonds. The van der Waals surface area contributed by atoms with Gasteiger partial charge in [0, 0.05) is 37.1 Å². The molecule has 4 rings (SSSR count). The van der Waals surface area contributed by atoms with Crippen LogP contribution in [0.5, 0.6) is 0 Å². The summed E-state index contributed by atoms with van der Waals surface area (Å²) >= 11 is 0. The first-order valence-electron chi connectivity index (χ1n) is 10.6. The van der Waals surface area contributed by atoms with Crippen LogP contribution in [0.2, 0.25) is 0 Å². The van der Waals surface area contributed by atoms with Gasteiger partial charge in [-0.3, -0.25) is 0 Å². The fraction of sp³-hybridized carbons (Fsp3) is 0.458. The van der Waals surface area contributed by atoms with E-state index < -0.39 is 6.09 Å². The van der Waals surface area contributed by atoms with Crippen molar-refractivity contribution >= 4 is 12.0 Å². The summed E-state index contributed by atoms with van der Waals surface area (Å²) in [5, 5.41) is 2.77. The molecule has 6 heteroatoms. The van der Waals surface area contributed by atoms with Gasteiger partial charge in [-0.1, -0.05) is 30.4 Å². The Morgan fingerprint density at radius 3 is 2.40 bits per heavy atom. The smallest absolute Gasteiger partial charge is 0.407 e. The largest absolute Gasteiger partial charge is 0.453 e. The van der Waals surface area contributed by atoms with Crippen molar-refractivity contribution in [1.82, 2.24) is 15.3 Å². The van der Waals surface area contributed by atoms with Gasteiger partial charge in [-0.2, -0.15) is 0 Å². The first-order valence-corrected chi connectivity index (χ1v) is 10.6. The minimum absolute atomic E-state index is 0.000209. The Hall–Kier alpha value is -3.07. The van der Waals surface area contributed by atoms with Crippen LogP contribution < -0.4 is 10.2 Å². The molecule has 1 aliphatic heterocycles. The predicted molar refractivity (Wildman–Crippen MR) is 116 cm³/mol. The molecule has 2 aliphatic rings. The zero-order valence-corrected chi connectivity index (χ0v) is 17.6. The molecule has 1 saturated carbocycles. The van der Waals surface area contributed by atoms with E-state index in [1.807, 2.05) is 43.6 Å². The number of methoxy groups -OCH3 is 1. The Balaban J connectivity index is 1.33. The van der Waals surface area contributed by atoms with Gasteiger partial charge >= 0.3 is 6.09 Å². The summed E-state index contributed by atoms with van der Waals surface area (Å²) in [4.78, 5) is 22.7. The number of fused-ring (bicyclic) bond motifs is 1. The number of ether oxygens (including phenoxy) is 1. The summed E-state index contributed by atoms with van der Waals surface area (Å²) in [6, 6.07) is 8.05. The second-order valence-corrected chi connectivity index (χ2v) is 8.32. The summed E-state index contributed by atoms with van der Waals surface area (Å²) in [7, 11) is 1.37. The number of carbonyl (C=O) groups is 1. The summed E-state index contributed by atoms with van der Waals surface area (Å²) in [6.45, 7) is 4.13. The molecule has 1 N–H and O–H groups in total. The molecule has 6 nitrogen and oxygen atoms in total. The van der Waals surface area contributed by atoms with Gasteiger partial charge in [0.05, 0.1) is 12.7 Å². The lowest BCUT2D eigenvalue weighted by atomic mass is 10.0. The van der Waals surface area contributed by atoms with Crippen LogP contribution in [0, 0.1) is 23.7 Å². The van der Waals surface area contributed by atoms with E-state index in [4.69, 9.17) is 0 Å². The average Bonchev–Trinajstić information content (AvgIpc) is 3.36. The SMILES string of the molecule is COC(=O)NC(C)Cc1ccc(C#Cc2cnc(N3CC4CCCC4C3)nc2)cc1. The van der Waals surface area contributed by atoms with Crippen LogP contribution in [0.3, 0.4) is 0 Å². The number of benzene rings is 1. The molecular weight excluding hydrogens is 376 g/mol. The van der Waals surface area contributed by atoms with Gasteiger partial charge in [-0.05, 0) is 55.7 Å². The Morgan fingerprint density at radius 2 is 1.77 bits per heavy atom. The van der Waals surface area contributed by atoms with Crippen molar-refractivity contribution in [3.8, 4) is 11.8 Å². The molecule has 2 heterocycles. The fourth-order valence-electron chi connectivity index (χ4n) is 4.48. The molecular formula is C24H28N4O2. The number of hydrogen-bond donors (Lipinski definition) is 1. The third-order valence-electron chi connectivity index (χ3n) is 6.04. The number of amides is 1. The summed E-state index contributed by atoms with van der Waals surface area (Å²) in [5.74, 6) is 8.80. The number of rotatable bonds is 4. The second-order valence-electron chi connectivity index (χ2n) is 8.32. The summed E-state index contributed by atoms with van der Waals surface area (Å²) in [5.41, 5.74) is 2.88. The average molecular weight is 405 g/mol. The van der Waals surface area contributed by atoms with Gasteiger partial charge < -0.3 is 15.0 Å². The lowest BCUT2D eigenvalue weighted by Crippen LogP contribution is -2.33. The molecule has 0 bridgehead atoms. The molecule has 2 fully saturated rings. The van der Waals surface area contributed by atoms with Crippen LogP contribution in [0.4, 0.5) is 10.7 Å². The van der Waals surface area contributed by atoms with Crippen LogP contribution >= 0.6 is 0 Å². The molecule has 156 valence electrons. The van der Waals surface area contributed by atoms with E-state index in [-0.39, 0.29) is 6.04 Å². The van der Waals surface area contributed by atoms with Crippen molar-refractivity contribution in [2.45, 2.75) is 38.6 Å². The molecule has 30 heavy (non-hydrogen) atoms. The van der Waals surface area contributed by atoms with Crippen molar-refractivity contribution in [2.24, 2.45) is 11.8 Å². The maximum atomic E-state index is 11.3. The fourth-order valence-corrected chi connectivity index (χ4v) is 4.48. The van der Waals surface area contributed by atoms with Gasteiger partial charge in [0.2, 0.25) is 5.95 Å². The third kappa shape index (κ3) is 4.91. The zero-order chi connectivity index (χ0) is 20.9. The van der Waals surface area contributed by atoms with Crippen molar-refractivity contribution in [3.63, 3.8) is 0 Å². The normalized spacial score (nSPS) is 20.8. The molecule has 1 aromatic heterocycles. The van der Waals surface area contributed by atoms with Crippen LogP contribution in [0.1, 0.15) is 42.9 Å². The molecule has 2 aromatic rings. The minimum Gasteiger partial charge on any atom is -0.453 e. The number of carbonyl (C=O) groups excluding carboxylic acids is 1. The zero-order valence-electron chi connectivity index (χ0n) is 17.6. The monoisotopic (exact) mass is 404 g/mol. The van der Waals surface area contributed by atoms with Crippen LogP contribution in [-0.4, -0.2) is 42.3 Å². The number of alkyl carbamates (subject to hydrolysis) is 1.